The third-order valence-corrected chi connectivity index (χ3v) is 2.69. The van der Waals surface area contributed by atoms with Crippen molar-refractivity contribution >= 4 is 0 Å². The van der Waals surface area contributed by atoms with Crippen LogP contribution in [-0.2, 0) is 10.3 Å². The summed E-state index contributed by atoms with van der Waals surface area (Å²) < 4.78 is 10.8. The minimum atomic E-state index is -0.160. The average Bonchev–Trinajstić information content (AvgIpc) is 2.29. The zero-order valence-electron chi connectivity index (χ0n) is 10.9. The average molecular weight is 239 g/mol. The molecule has 0 aromatic heterocycles. The molecule has 0 bridgehead atoms. The van der Waals surface area contributed by atoms with Gasteiger partial charge in [0, 0.05) is 5.41 Å². The zero-order valence-corrected chi connectivity index (χ0v) is 10.9. The predicted octanol–water partition coefficient (Wildman–Crippen LogP) is 2.26. The lowest BCUT2D eigenvalue weighted by Crippen LogP contribution is -2.26. The molecule has 0 aliphatic carbocycles. The van der Waals surface area contributed by atoms with Crippen LogP contribution in [0.1, 0.15) is 26.3 Å². The van der Waals surface area contributed by atoms with E-state index in [1.54, 1.807) is 7.11 Å². The molecular weight excluding hydrogens is 218 g/mol. The van der Waals surface area contributed by atoms with Crippen LogP contribution >= 0.6 is 0 Å². The van der Waals surface area contributed by atoms with Crippen molar-refractivity contribution in [3.05, 3.63) is 23.8 Å². The van der Waals surface area contributed by atoms with Gasteiger partial charge < -0.3 is 14.3 Å². The van der Waals surface area contributed by atoms with E-state index in [1.165, 1.54) is 0 Å². The molecule has 17 heavy (non-hydrogen) atoms. The van der Waals surface area contributed by atoms with E-state index in [2.05, 4.69) is 13.8 Å². The van der Waals surface area contributed by atoms with E-state index in [9.17, 15) is 0 Å². The number of methoxy groups -OCH3 is 1. The molecule has 2 N–H and O–H groups in total. The maximum Gasteiger partial charge on any atom is 0.161 e. The fourth-order valence-corrected chi connectivity index (χ4v) is 1.66. The fourth-order valence-electron chi connectivity index (χ4n) is 1.66. The highest BCUT2D eigenvalue weighted by Gasteiger charge is 2.22. The molecule has 0 amide bonds. The van der Waals surface area contributed by atoms with Gasteiger partial charge in [-0.15, -0.1) is 0 Å². The summed E-state index contributed by atoms with van der Waals surface area (Å²) >= 11 is 0. The van der Waals surface area contributed by atoms with Gasteiger partial charge in [0.25, 0.3) is 0 Å². The van der Waals surface area contributed by atoms with Gasteiger partial charge >= 0.3 is 0 Å². The quantitative estimate of drug-likeness (QED) is 0.774. The van der Waals surface area contributed by atoms with Gasteiger partial charge in [0.15, 0.2) is 11.5 Å². The lowest BCUT2D eigenvalue weighted by atomic mass is 9.85. The molecule has 96 valence electrons. The Morgan fingerprint density at radius 1 is 1.24 bits per heavy atom. The van der Waals surface area contributed by atoms with Crippen molar-refractivity contribution in [2.45, 2.75) is 26.2 Å². The Morgan fingerprint density at radius 3 is 2.47 bits per heavy atom. The monoisotopic (exact) mass is 239 g/mol. The summed E-state index contributed by atoms with van der Waals surface area (Å²) in [4.78, 5) is 4.75. The van der Waals surface area contributed by atoms with Crippen LogP contribution in [-0.4, -0.2) is 20.3 Å². The van der Waals surface area contributed by atoms with Gasteiger partial charge in [-0.05, 0) is 24.6 Å². The summed E-state index contributed by atoms with van der Waals surface area (Å²) in [6, 6.07) is 5.88. The largest absolute Gasteiger partial charge is 0.493 e. The SMILES string of the molecule is CCOc1cc(C(C)(C)CON)ccc1OC. The van der Waals surface area contributed by atoms with E-state index in [4.69, 9.17) is 20.2 Å². The Morgan fingerprint density at radius 2 is 1.94 bits per heavy atom. The second-order valence-corrected chi connectivity index (χ2v) is 4.49. The normalized spacial score (nSPS) is 11.4. The Balaban J connectivity index is 3.06. The van der Waals surface area contributed by atoms with Crippen molar-refractivity contribution in [1.29, 1.82) is 0 Å². The third-order valence-electron chi connectivity index (χ3n) is 2.69. The number of hydrogen-bond acceptors (Lipinski definition) is 4. The molecule has 1 aromatic carbocycles. The van der Waals surface area contributed by atoms with Crippen LogP contribution in [0.3, 0.4) is 0 Å². The van der Waals surface area contributed by atoms with E-state index in [0.29, 0.717) is 13.2 Å². The minimum absolute atomic E-state index is 0.160. The van der Waals surface area contributed by atoms with E-state index >= 15 is 0 Å². The molecule has 0 radical (unpaired) electrons. The summed E-state index contributed by atoms with van der Waals surface area (Å²) in [5, 5.41) is 0. The van der Waals surface area contributed by atoms with Gasteiger partial charge in [-0.1, -0.05) is 19.9 Å². The highest BCUT2D eigenvalue weighted by molar-refractivity contribution is 5.45. The maximum atomic E-state index is 5.54. The summed E-state index contributed by atoms with van der Waals surface area (Å²) in [7, 11) is 1.63. The molecule has 1 rings (SSSR count). The van der Waals surface area contributed by atoms with Gasteiger partial charge in [-0.3, -0.25) is 0 Å². The number of rotatable bonds is 6. The topological polar surface area (TPSA) is 53.7 Å². The summed E-state index contributed by atoms with van der Waals surface area (Å²) in [5.41, 5.74) is 0.944. The van der Waals surface area contributed by atoms with Crippen LogP contribution in [0.2, 0.25) is 0 Å². The van der Waals surface area contributed by atoms with Crippen molar-refractivity contribution in [3.8, 4) is 11.5 Å². The summed E-state index contributed by atoms with van der Waals surface area (Å²) in [6.07, 6.45) is 0. The van der Waals surface area contributed by atoms with Gasteiger partial charge in [0.2, 0.25) is 0 Å². The number of ether oxygens (including phenoxy) is 2. The lowest BCUT2D eigenvalue weighted by molar-refractivity contribution is 0.0963. The first-order valence-electron chi connectivity index (χ1n) is 5.68. The Hall–Kier alpha value is -1.26. The number of benzene rings is 1. The van der Waals surface area contributed by atoms with Crippen LogP contribution in [0.25, 0.3) is 0 Å². The lowest BCUT2D eigenvalue weighted by Gasteiger charge is -2.24. The smallest absolute Gasteiger partial charge is 0.161 e. The predicted molar refractivity (Wildman–Crippen MR) is 67.3 cm³/mol. The van der Waals surface area contributed by atoms with E-state index in [0.717, 1.165) is 17.1 Å². The van der Waals surface area contributed by atoms with Crippen molar-refractivity contribution in [1.82, 2.24) is 0 Å². The first-order chi connectivity index (χ1) is 8.05. The molecule has 4 nitrogen and oxygen atoms in total. The highest BCUT2D eigenvalue weighted by atomic mass is 16.6. The zero-order chi connectivity index (χ0) is 12.9. The van der Waals surface area contributed by atoms with E-state index in [1.807, 2.05) is 25.1 Å². The molecule has 4 heteroatoms. The standard InChI is InChI=1S/C13H21NO3/c1-5-16-12-8-10(6-7-11(12)15-4)13(2,3)9-17-14/h6-8H,5,9,14H2,1-4H3. The minimum Gasteiger partial charge on any atom is -0.493 e. The highest BCUT2D eigenvalue weighted by Crippen LogP contribution is 2.33. The van der Waals surface area contributed by atoms with E-state index < -0.39 is 0 Å². The van der Waals surface area contributed by atoms with Crippen molar-refractivity contribution in [2.75, 3.05) is 20.3 Å². The summed E-state index contributed by atoms with van der Waals surface area (Å²) in [6.45, 7) is 7.13. The second-order valence-electron chi connectivity index (χ2n) is 4.49. The van der Waals surface area contributed by atoms with Crippen LogP contribution in [0.5, 0.6) is 11.5 Å². The molecule has 0 heterocycles. The molecule has 0 aliphatic heterocycles. The maximum absolute atomic E-state index is 5.54. The number of nitrogens with two attached hydrogens (primary N) is 1. The molecule has 0 saturated heterocycles. The van der Waals surface area contributed by atoms with Crippen molar-refractivity contribution < 1.29 is 14.3 Å². The molecule has 0 saturated carbocycles. The van der Waals surface area contributed by atoms with Crippen LogP contribution in [0.15, 0.2) is 18.2 Å². The molecule has 0 atom stereocenters. The summed E-state index contributed by atoms with van der Waals surface area (Å²) in [5.74, 6) is 6.63. The Bertz CT molecular complexity index is 364. The number of hydrogen-bond donors (Lipinski definition) is 1. The van der Waals surface area contributed by atoms with Crippen molar-refractivity contribution in [3.63, 3.8) is 0 Å². The van der Waals surface area contributed by atoms with Crippen LogP contribution in [0.4, 0.5) is 0 Å². The first kappa shape index (κ1) is 13.8. The molecule has 0 unspecified atom stereocenters. The van der Waals surface area contributed by atoms with Crippen LogP contribution in [0, 0.1) is 0 Å². The third kappa shape index (κ3) is 3.35. The molecular formula is C13H21NO3. The van der Waals surface area contributed by atoms with Gasteiger partial charge in [0.05, 0.1) is 20.3 Å². The second kappa shape index (κ2) is 5.89. The van der Waals surface area contributed by atoms with Crippen molar-refractivity contribution in [2.24, 2.45) is 5.90 Å². The first-order valence-corrected chi connectivity index (χ1v) is 5.68. The fraction of sp³-hybridized carbons (Fsp3) is 0.538. The Kier molecular flexibility index (Phi) is 4.78. The van der Waals surface area contributed by atoms with E-state index in [-0.39, 0.29) is 5.41 Å². The molecule has 0 spiro atoms. The van der Waals surface area contributed by atoms with Crippen LogP contribution < -0.4 is 15.4 Å². The molecule has 0 fully saturated rings. The Labute approximate surface area is 103 Å². The van der Waals surface area contributed by atoms with Gasteiger partial charge in [0.1, 0.15) is 0 Å². The molecule has 0 aliphatic rings. The van der Waals surface area contributed by atoms with Gasteiger partial charge in [-0.2, -0.15) is 0 Å². The van der Waals surface area contributed by atoms with Gasteiger partial charge in [-0.25, -0.2) is 5.90 Å². The molecule has 1 aromatic rings.